The first-order chi connectivity index (χ1) is 13.9. The highest BCUT2D eigenvalue weighted by Gasteiger charge is 2.26. The molecular weight excluding hydrogens is 390 g/mol. The van der Waals surface area contributed by atoms with Gasteiger partial charge in [0.2, 0.25) is 0 Å². The molecule has 148 valence electrons. The van der Waals surface area contributed by atoms with Crippen molar-refractivity contribution >= 4 is 40.1 Å². The third-order valence-corrected chi connectivity index (χ3v) is 5.44. The van der Waals surface area contributed by atoms with E-state index in [2.05, 4.69) is 4.98 Å². The summed E-state index contributed by atoms with van der Waals surface area (Å²) in [6.45, 7) is 3.35. The average Bonchev–Trinajstić information content (AvgIpc) is 3.16. The van der Waals surface area contributed by atoms with Crippen molar-refractivity contribution in [3.63, 3.8) is 0 Å². The number of Topliss-reactive ketones (excluding diaryl/α,β-unsaturated/α-hetero) is 1. The van der Waals surface area contributed by atoms with Gasteiger partial charge in [-0.05, 0) is 43.3 Å². The van der Waals surface area contributed by atoms with Crippen molar-refractivity contribution in [2.24, 2.45) is 0 Å². The minimum atomic E-state index is -0.0903. The predicted octanol–water partition coefficient (Wildman–Crippen LogP) is 3.62. The van der Waals surface area contributed by atoms with Crippen molar-refractivity contribution in [2.45, 2.75) is 6.92 Å². The van der Waals surface area contributed by atoms with Gasteiger partial charge >= 0.3 is 0 Å². The molecule has 1 N–H and O–H groups in total. The van der Waals surface area contributed by atoms with Crippen molar-refractivity contribution in [1.82, 2.24) is 14.8 Å². The van der Waals surface area contributed by atoms with Crippen molar-refractivity contribution in [1.29, 1.82) is 0 Å². The number of hydrogen-bond acceptors (Lipinski definition) is 3. The van der Waals surface area contributed by atoms with E-state index in [-0.39, 0.29) is 17.6 Å². The summed E-state index contributed by atoms with van der Waals surface area (Å²) < 4.78 is 0. The molecule has 0 unspecified atom stereocenters. The zero-order valence-electron chi connectivity index (χ0n) is 15.9. The zero-order valence-corrected chi connectivity index (χ0v) is 16.7. The number of ketones is 1. The molecule has 1 aliphatic rings. The molecule has 1 aliphatic heterocycles. The molecule has 2 amide bonds. The minimum absolute atomic E-state index is 0.0321. The summed E-state index contributed by atoms with van der Waals surface area (Å²) in [6.07, 6.45) is 0. The second-order valence-corrected chi connectivity index (χ2v) is 7.57. The number of amides is 2. The molecule has 0 spiro atoms. The summed E-state index contributed by atoms with van der Waals surface area (Å²) in [5.41, 5.74) is 2.50. The summed E-state index contributed by atoms with van der Waals surface area (Å²) in [5.74, 6) is -0.210. The number of nitrogens with zero attached hydrogens (tertiary/aromatic N) is 2. The van der Waals surface area contributed by atoms with Gasteiger partial charge in [0.05, 0.1) is 0 Å². The van der Waals surface area contributed by atoms with Gasteiger partial charge < -0.3 is 14.8 Å². The molecule has 4 rings (SSSR count). The maximum absolute atomic E-state index is 12.8. The van der Waals surface area contributed by atoms with Crippen LogP contribution < -0.4 is 0 Å². The van der Waals surface area contributed by atoms with E-state index in [9.17, 15) is 14.4 Å². The average molecular weight is 410 g/mol. The summed E-state index contributed by atoms with van der Waals surface area (Å²) in [4.78, 5) is 43.5. The second kappa shape index (κ2) is 7.72. The number of fused-ring (bicyclic) bond motifs is 1. The van der Waals surface area contributed by atoms with E-state index in [1.54, 1.807) is 46.2 Å². The van der Waals surface area contributed by atoms with Gasteiger partial charge in [-0.3, -0.25) is 14.4 Å². The van der Waals surface area contributed by atoms with Gasteiger partial charge in [0.15, 0.2) is 5.78 Å². The zero-order chi connectivity index (χ0) is 20.5. The standard InChI is InChI=1S/C22H20ClN3O3/c1-14(27)15-2-4-16(5-3-15)21(28)25-8-10-26(11-9-25)22(29)20-13-17-12-18(23)6-7-19(17)24-20/h2-7,12-13,24H,8-11H2,1H3. The third-order valence-electron chi connectivity index (χ3n) is 5.21. The van der Waals surface area contributed by atoms with Crippen LogP contribution in [0.15, 0.2) is 48.5 Å². The Morgan fingerprint density at radius 1 is 0.828 bits per heavy atom. The fourth-order valence-corrected chi connectivity index (χ4v) is 3.71. The summed E-state index contributed by atoms with van der Waals surface area (Å²) in [6, 6.07) is 13.9. The first-order valence-corrected chi connectivity index (χ1v) is 9.78. The van der Waals surface area contributed by atoms with Gasteiger partial charge in [0, 0.05) is 53.2 Å². The monoisotopic (exact) mass is 409 g/mol. The molecule has 1 aromatic heterocycles. The van der Waals surface area contributed by atoms with E-state index < -0.39 is 0 Å². The molecule has 0 atom stereocenters. The number of nitrogens with one attached hydrogen (secondary N) is 1. The molecule has 0 bridgehead atoms. The summed E-state index contributed by atoms with van der Waals surface area (Å²) >= 11 is 6.01. The Morgan fingerprint density at radius 2 is 1.41 bits per heavy atom. The fourth-order valence-electron chi connectivity index (χ4n) is 3.53. The van der Waals surface area contributed by atoms with Gasteiger partial charge in [0.25, 0.3) is 11.8 Å². The van der Waals surface area contributed by atoms with E-state index in [1.165, 1.54) is 6.92 Å². The lowest BCUT2D eigenvalue weighted by atomic mass is 10.1. The highest BCUT2D eigenvalue weighted by Crippen LogP contribution is 2.21. The molecule has 1 fully saturated rings. The molecule has 3 aromatic rings. The molecule has 2 heterocycles. The Bertz CT molecular complexity index is 1100. The highest BCUT2D eigenvalue weighted by atomic mass is 35.5. The van der Waals surface area contributed by atoms with Crippen LogP contribution in [-0.4, -0.2) is 58.6 Å². The number of H-pyrrole nitrogens is 1. The van der Waals surface area contributed by atoms with Gasteiger partial charge in [0.1, 0.15) is 5.69 Å². The van der Waals surface area contributed by atoms with Crippen LogP contribution in [0.1, 0.15) is 38.1 Å². The van der Waals surface area contributed by atoms with E-state index >= 15 is 0 Å². The van der Waals surface area contributed by atoms with Crippen molar-refractivity contribution in [3.8, 4) is 0 Å². The Morgan fingerprint density at radius 3 is 2.03 bits per heavy atom. The SMILES string of the molecule is CC(=O)c1ccc(C(=O)N2CCN(C(=O)c3cc4cc(Cl)ccc4[nH]3)CC2)cc1. The van der Waals surface area contributed by atoms with Crippen molar-refractivity contribution in [3.05, 3.63) is 70.4 Å². The molecule has 0 aliphatic carbocycles. The van der Waals surface area contributed by atoms with Gasteiger partial charge in [-0.1, -0.05) is 23.7 Å². The second-order valence-electron chi connectivity index (χ2n) is 7.13. The van der Waals surface area contributed by atoms with Crippen molar-refractivity contribution < 1.29 is 14.4 Å². The van der Waals surface area contributed by atoms with Crippen LogP contribution in [0.25, 0.3) is 10.9 Å². The summed E-state index contributed by atoms with van der Waals surface area (Å²) in [7, 11) is 0. The number of carbonyl (C=O) groups excluding carboxylic acids is 3. The van der Waals surface area contributed by atoms with Gasteiger partial charge in [-0.25, -0.2) is 0 Å². The topological polar surface area (TPSA) is 73.5 Å². The lowest BCUT2D eigenvalue weighted by Gasteiger charge is -2.34. The molecule has 6 nitrogen and oxygen atoms in total. The smallest absolute Gasteiger partial charge is 0.270 e. The maximum atomic E-state index is 12.8. The normalized spacial score (nSPS) is 14.3. The number of hydrogen-bond donors (Lipinski definition) is 1. The van der Waals surface area contributed by atoms with Crippen LogP contribution in [0, 0.1) is 0 Å². The van der Waals surface area contributed by atoms with E-state index in [4.69, 9.17) is 11.6 Å². The number of carbonyl (C=O) groups is 3. The lowest BCUT2D eigenvalue weighted by Crippen LogP contribution is -2.50. The Labute approximate surface area is 173 Å². The number of rotatable bonds is 3. The molecule has 1 saturated heterocycles. The molecule has 0 saturated carbocycles. The van der Waals surface area contributed by atoms with Crippen LogP contribution in [0.4, 0.5) is 0 Å². The van der Waals surface area contributed by atoms with Gasteiger partial charge in [-0.2, -0.15) is 0 Å². The number of piperazine rings is 1. The number of aromatic amines is 1. The fraction of sp³-hybridized carbons (Fsp3) is 0.227. The number of aromatic nitrogens is 1. The van der Waals surface area contributed by atoms with E-state index in [0.717, 1.165) is 10.9 Å². The highest BCUT2D eigenvalue weighted by molar-refractivity contribution is 6.31. The van der Waals surface area contributed by atoms with Gasteiger partial charge in [-0.15, -0.1) is 0 Å². The van der Waals surface area contributed by atoms with Crippen LogP contribution in [0.2, 0.25) is 5.02 Å². The lowest BCUT2D eigenvalue weighted by molar-refractivity contribution is 0.0533. The van der Waals surface area contributed by atoms with E-state index in [0.29, 0.717) is 48.0 Å². The van der Waals surface area contributed by atoms with Crippen molar-refractivity contribution in [2.75, 3.05) is 26.2 Å². The summed E-state index contributed by atoms with van der Waals surface area (Å²) in [5, 5.41) is 1.52. The first kappa shape index (κ1) is 19.2. The first-order valence-electron chi connectivity index (χ1n) is 9.40. The van der Waals surface area contributed by atoms with Crippen LogP contribution in [0.3, 0.4) is 0 Å². The Balaban J connectivity index is 1.41. The van der Waals surface area contributed by atoms with Crippen LogP contribution in [0.5, 0.6) is 0 Å². The van der Waals surface area contributed by atoms with E-state index in [1.807, 2.05) is 12.1 Å². The number of halogens is 1. The molecule has 2 aromatic carbocycles. The molecular formula is C22H20ClN3O3. The third kappa shape index (κ3) is 3.89. The van der Waals surface area contributed by atoms with Crippen LogP contribution in [-0.2, 0) is 0 Å². The molecule has 0 radical (unpaired) electrons. The minimum Gasteiger partial charge on any atom is -0.351 e. The van der Waals surface area contributed by atoms with Crippen LogP contribution >= 0.6 is 11.6 Å². The quantitative estimate of drug-likeness (QED) is 0.671. The molecule has 7 heteroatoms. The largest absolute Gasteiger partial charge is 0.351 e. The Hall–Kier alpha value is -3.12. The number of benzene rings is 2. The Kier molecular flexibility index (Phi) is 5.11. The predicted molar refractivity (Wildman–Crippen MR) is 112 cm³/mol. The molecule has 29 heavy (non-hydrogen) atoms. The maximum Gasteiger partial charge on any atom is 0.270 e.